The molecule has 1 atom stereocenters. The molecule has 0 amide bonds. The van der Waals surface area contributed by atoms with Gasteiger partial charge >= 0.3 is 17.9 Å². The smallest absolute Gasteiger partial charge is 0.306 e. The van der Waals surface area contributed by atoms with Crippen LogP contribution >= 0.6 is 0 Å². The van der Waals surface area contributed by atoms with Crippen molar-refractivity contribution in [3.63, 3.8) is 0 Å². The van der Waals surface area contributed by atoms with Crippen LogP contribution in [0.15, 0.2) is 48.6 Å². The summed E-state index contributed by atoms with van der Waals surface area (Å²) in [4.78, 5) is 37.9. The van der Waals surface area contributed by atoms with Gasteiger partial charge in [0.25, 0.3) is 0 Å². The molecule has 6 heteroatoms. The molecule has 0 aromatic carbocycles. The predicted molar refractivity (Wildman–Crippen MR) is 270 cm³/mol. The number of unbranched alkanes of at least 4 members (excludes halogenated alkanes) is 32. The summed E-state index contributed by atoms with van der Waals surface area (Å²) in [6.07, 6.45) is 62.4. The summed E-state index contributed by atoms with van der Waals surface area (Å²) in [5, 5.41) is 0. The van der Waals surface area contributed by atoms with Gasteiger partial charge in [0.05, 0.1) is 0 Å². The quantitative estimate of drug-likeness (QED) is 0.0199. The number of rotatable bonds is 49. The molecule has 0 saturated heterocycles. The van der Waals surface area contributed by atoms with Crippen molar-refractivity contribution in [3.8, 4) is 0 Å². The maximum Gasteiger partial charge on any atom is 0.306 e. The Hall–Kier alpha value is -2.63. The molecule has 0 fully saturated rings. The summed E-state index contributed by atoms with van der Waals surface area (Å²) in [7, 11) is 0. The van der Waals surface area contributed by atoms with Gasteiger partial charge < -0.3 is 14.2 Å². The van der Waals surface area contributed by atoms with Gasteiger partial charge in [0.2, 0.25) is 0 Å². The summed E-state index contributed by atoms with van der Waals surface area (Å²) in [6, 6.07) is 0. The molecule has 0 aliphatic heterocycles. The number of hydrogen-bond acceptors (Lipinski definition) is 6. The third-order valence-electron chi connectivity index (χ3n) is 11.9. The highest BCUT2D eigenvalue weighted by molar-refractivity contribution is 5.71. The first kappa shape index (κ1) is 60.4. The minimum Gasteiger partial charge on any atom is -0.462 e. The van der Waals surface area contributed by atoms with Gasteiger partial charge in [0, 0.05) is 19.3 Å². The van der Waals surface area contributed by atoms with Crippen molar-refractivity contribution in [2.45, 2.75) is 284 Å². The first-order chi connectivity index (χ1) is 31.0. The van der Waals surface area contributed by atoms with Crippen molar-refractivity contribution in [2.24, 2.45) is 0 Å². The minimum atomic E-state index is -0.782. The molecule has 0 radical (unpaired) electrons. The Labute approximate surface area is 390 Å². The Kier molecular flexibility index (Phi) is 49.8. The monoisotopic (exact) mass is 883 g/mol. The van der Waals surface area contributed by atoms with Crippen molar-refractivity contribution in [3.05, 3.63) is 48.6 Å². The highest BCUT2D eigenvalue weighted by Gasteiger charge is 2.19. The summed E-state index contributed by atoms with van der Waals surface area (Å²) in [6.45, 7) is 6.60. The van der Waals surface area contributed by atoms with Crippen molar-refractivity contribution in [1.82, 2.24) is 0 Å². The number of carbonyl (C=O) groups excluding carboxylic acids is 3. The molecule has 0 bridgehead atoms. The molecular weight excluding hydrogens is 781 g/mol. The second-order valence-corrected chi connectivity index (χ2v) is 18.2. The van der Waals surface area contributed by atoms with Crippen LogP contribution in [0.25, 0.3) is 0 Å². The topological polar surface area (TPSA) is 78.9 Å². The van der Waals surface area contributed by atoms with Crippen molar-refractivity contribution in [1.29, 1.82) is 0 Å². The molecule has 0 aliphatic rings. The molecule has 63 heavy (non-hydrogen) atoms. The molecule has 0 rings (SSSR count). The highest BCUT2D eigenvalue weighted by atomic mass is 16.6. The van der Waals surface area contributed by atoms with Crippen molar-refractivity contribution >= 4 is 17.9 Å². The first-order valence-corrected chi connectivity index (χ1v) is 27.2. The Morgan fingerprint density at radius 3 is 0.921 bits per heavy atom. The van der Waals surface area contributed by atoms with E-state index in [1.54, 1.807) is 0 Å². The van der Waals surface area contributed by atoms with E-state index in [-0.39, 0.29) is 31.1 Å². The number of carbonyl (C=O) groups is 3. The summed E-state index contributed by atoms with van der Waals surface area (Å²) < 4.78 is 16.8. The van der Waals surface area contributed by atoms with Crippen molar-refractivity contribution in [2.75, 3.05) is 13.2 Å². The van der Waals surface area contributed by atoms with Crippen LogP contribution < -0.4 is 0 Å². The van der Waals surface area contributed by atoms with Crippen LogP contribution in [0.5, 0.6) is 0 Å². The van der Waals surface area contributed by atoms with Crippen LogP contribution in [0.1, 0.15) is 278 Å². The highest BCUT2D eigenvalue weighted by Crippen LogP contribution is 2.15. The van der Waals surface area contributed by atoms with E-state index in [0.717, 1.165) is 89.9 Å². The fourth-order valence-electron chi connectivity index (χ4n) is 7.73. The van der Waals surface area contributed by atoms with E-state index in [4.69, 9.17) is 14.2 Å². The standard InChI is InChI=1S/C57H102O6/c1-4-7-10-13-16-19-21-23-25-27-29-31-33-35-38-41-44-47-50-56(59)62-53-54(52-61-55(58)49-46-43-40-37-18-15-12-9-6-3)63-57(60)51-48-45-42-39-36-34-32-30-28-26-24-22-20-17-14-11-8-5-2/h21,23,25,27,29-32,54H,4-20,22,24,26,28,33-53H2,1-3H3/b23-21-,27-25-,31-29-,32-30-. The summed E-state index contributed by atoms with van der Waals surface area (Å²) in [5.74, 6) is -0.904. The molecule has 366 valence electrons. The van der Waals surface area contributed by atoms with Crippen LogP contribution in [0, 0.1) is 0 Å². The zero-order valence-corrected chi connectivity index (χ0v) is 41.8. The zero-order chi connectivity index (χ0) is 45.8. The van der Waals surface area contributed by atoms with Crippen LogP contribution in [0.2, 0.25) is 0 Å². The van der Waals surface area contributed by atoms with Crippen LogP contribution in [0.4, 0.5) is 0 Å². The van der Waals surface area contributed by atoms with E-state index in [2.05, 4.69) is 69.4 Å². The van der Waals surface area contributed by atoms with Crippen LogP contribution in [-0.2, 0) is 28.6 Å². The van der Waals surface area contributed by atoms with Crippen LogP contribution in [0.3, 0.4) is 0 Å². The molecule has 0 aromatic heterocycles. The Balaban J connectivity index is 4.35. The number of ether oxygens (including phenoxy) is 3. The van der Waals surface area contributed by atoms with Gasteiger partial charge in [-0.05, 0) is 70.6 Å². The molecule has 0 saturated carbocycles. The lowest BCUT2D eigenvalue weighted by Crippen LogP contribution is -2.30. The maximum absolute atomic E-state index is 12.8. The molecule has 0 heterocycles. The second-order valence-electron chi connectivity index (χ2n) is 18.2. The summed E-state index contributed by atoms with van der Waals surface area (Å²) >= 11 is 0. The SMILES string of the molecule is CCCCCCC\C=C/C=C\C=C/CCCCCCCC(=O)OCC(COC(=O)CCCCCCCCCCC)OC(=O)CCCCCCC/C=C\CCCCCCCCCCC. The molecular formula is C57H102O6. The van der Waals surface area contributed by atoms with Gasteiger partial charge in [-0.15, -0.1) is 0 Å². The predicted octanol–water partition coefficient (Wildman–Crippen LogP) is 17.9. The molecule has 0 aliphatic carbocycles. The fourth-order valence-corrected chi connectivity index (χ4v) is 7.73. The molecule has 0 aromatic rings. The van der Waals surface area contributed by atoms with Gasteiger partial charge in [0.1, 0.15) is 13.2 Å². The van der Waals surface area contributed by atoms with Crippen LogP contribution in [-0.4, -0.2) is 37.2 Å². The first-order valence-electron chi connectivity index (χ1n) is 27.2. The Bertz CT molecular complexity index is 1110. The Morgan fingerprint density at radius 2 is 0.587 bits per heavy atom. The van der Waals surface area contributed by atoms with Gasteiger partial charge in [0.15, 0.2) is 6.10 Å². The molecule has 0 spiro atoms. The maximum atomic E-state index is 12.8. The van der Waals surface area contributed by atoms with Gasteiger partial charge in [-0.1, -0.05) is 236 Å². The third-order valence-corrected chi connectivity index (χ3v) is 11.9. The van der Waals surface area contributed by atoms with Gasteiger partial charge in [-0.2, -0.15) is 0 Å². The normalized spacial score (nSPS) is 12.4. The molecule has 1 unspecified atom stereocenters. The number of esters is 3. The lowest BCUT2D eigenvalue weighted by molar-refractivity contribution is -0.167. The van der Waals surface area contributed by atoms with E-state index >= 15 is 0 Å². The van der Waals surface area contributed by atoms with E-state index < -0.39 is 6.10 Å². The summed E-state index contributed by atoms with van der Waals surface area (Å²) in [5.41, 5.74) is 0. The van der Waals surface area contributed by atoms with Gasteiger partial charge in [-0.25, -0.2) is 0 Å². The molecule has 0 N–H and O–H groups in total. The third kappa shape index (κ3) is 50.2. The van der Waals surface area contributed by atoms with Crippen molar-refractivity contribution < 1.29 is 28.6 Å². The fraction of sp³-hybridized carbons (Fsp3) is 0.807. The average Bonchev–Trinajstić information content (AvgIpc) is 3.28. The minimum absolute atomic E-state index is 0.0813. The molecule has 6 nitrogen and oxygen atoms in total. The van der Waals surface area contributed by atoms with E-state index in [1.165, 1.54) is 148 Å². The van der Waals surface area contributed by atoms with E-state index in [9.17, 15) is 14.4 Å². The number of hydrogen-bond donors (Lipinski definition) is 0. The average molecular weight is 883 g/mol. The lowest BCUT2D eigenvalue weighted by Gasteiger charge is -2.18. The second kappa shape index (κ2) is 52.0. The van der Waals surface area contributed by atoms with Gasteiger partial charge in [-0.3, -0.25) is 14.4 Å². The van der Waals surface area contributed by atoms with E-state index in [1.807, 2.05) is 0 Å². The zero-order valence-electron chi connectivity index (χ0n) is 41.8. The van der Waals surface area contributed by atoms with E-state index in [0.29, 0.717) is 19.3 Å². The largest absolute Gasteiger partial charge is 0.462 e. The lowest BCUT2D eigenvalue weighted by atomic mass is 10.1. The number of allylic oxidation sites excluding steroid dienone is 8. The Morgan fingerprint density at radius 1 is 0.317 bits per heavy atom.